The second-order valence-corrected chi connectivity index (χ2v) is 13.6. The third-order valence-corrected chi connectivity index (χ3v) is 10.5. The molecule has 53 heavy (non-hydrogen) atoms. The molecule has 8 aromatic carbocycles. The number of rotatable bonds is 5. The van der Waals surface area contributed by atoms with E-state index < -0.39 is 0 Å². The van der Waals surface area contributed by atoms with E-state index in [1.54, 1.807) is 0 Å². The van der Waals surface area contributed by atoms with Gasteiger partial charge in [0.05, 0.1) is 27.5 Å². The van der Waals surface area contributed by atoms with Gasteiger partial charge in [0.2, 0.25) is 0 Å². The van der Waals surface area contributed by atoms with Gasteiger partial charge >= 0.3 is 0 Å². The maximum atomic E-state index is 6.80. The van der Waals surface area contributed by atoms with Crippen LogP contribution >= 0.6 is 0 Å². The Bertz CT molecular complexity index is 3130. The van der Waals surface area contributed by atoms with Crippen LogP contribution in [0.15, 0.2) is 192 Å². The topological polar surface area (TPSA) is 35.9 Å². The molecule has 0 saturated carbocycles. The van der Waals surface area contributed by atoms with Crippen LogP contribution in [0.2, 0.25) is 0 Å². The average molecular weight is 678 g/mol. The molecule has 4 nitrogen and oxygen atoms in total. The van der Waals surface area contributed by atoms with Gasteiger partial charge in [0.1, 0.15) is 17.0 Å². The summed E-state index contributed by atoms with van der Waals surface area (Å²) in [5, 5.41) is 4.51. The van der Waals surface area contributed by atoms with Crippen molar-refractivity contribution in [2.24, 2.45) is 0 Å². The molecule has 0 atom stereocenters. The standard InChI is InChI=1S/C49H31N3O/c1-4-12-32(13-5-1)35-20-27-43-41(31-35)47-45(28-26-39-40-30-36(33-14-6-2-7-15-33)21-29-46(40)53-48(39)47)51(43)37-22-24-38(25-23-37)52-44-19-11-10-18-42(44)50-49(52)34-16-8-3-9-17-34/h1-31H. The summed E-state index contributed by atoms with van der Waals surface area (Å²) in [5.41, 5.74) is 14.0. The van der Waals surface area contributed by atoms with Crippen LogP contribution in [0.25, 0.3) is 99.8 Å². The fraction of sp³-hybridized carbons (Fsp3) is 0. The van der Waals surface area contributed by atoms with E-state index in [9.17, 15) is 0 Å². The summed E-state index contributed by atoms with van der Waals surface area (Å²) < 4.78 is 11.4. The van der Waals surface area contributed by atoms with Gasteiger partial charge in [-0.3, -0.25) is 4.57 Å². The summed E-state index contributed by atoms with van der Waals surface area (Å²) in [6, 6.07) is 66.6. The molecule has 3 heterocycles. The molecular formula is C49H31N3O. The molecule has 0 spiro atoms. The van der Waals surface area contributed by atoms with E-state index in [0.29, 0.717) is 0 Å². The van der Waals surface area contributed by atoms with E-state index in [0.717, 1.165) is 77.5 Å². The summed E-state index contributed by atoms with van der Waals surface area (Å²) in [4.78, 5) is 5.06. The first-order chi connectivity index (χ1) is 26.3. The fourth-order valence-corrected chi connectivity index (χ4v) is 8.05. The van der Waals surface area contributed by atoms with E-state index in [-0.39, 0.29) is 0 Å². The van der Waals surface area contributed by atoms with Gasteiger partial charge < -0.3 is 8.98 Å². The van der Waals surface area contributed by atoms with Gasteiger partial charge in [-0.2, -0.15) is 0 Å². The smallest absolute Gasteiger partial charge is 0.145 e. The largest absolute Gasteiger partial charge is 0.455 e. The fourth-order valence-electron chi connectivity index (χ4n) is 8.05. The molecule has 0 amide bonds. The van der Waals surface area contributed by atoms with Crippen LogP contribution in [0.3, 0.4) is 0 Å². The van der Waals surface area contributed by atoms with Crippen LogP contribution in [0, 0.1) is 0 Å². The molecule has 0 bridgehead atoms. The molecule has 0 radical (unpaired) electrons. The van der Waals surface area contributed by atoms with E-state index in [1.807, 2.05) is 12.1 Å². The Kier molecular flexibility index (Phi) is 6.52. The van der Waals surface area contributed by atoms with E-state index in [4.69, 9.17) is 9.40 Å². The van der Waals surface area contributed by atoms with Crippen LogP contribution in [0.4, 0.5) is 0 Å². The monoisotopic (exact) mass is 677 g/mol. The normalized spacial score (nSPS) is 11.8. The highest BCUT2D eigenvalue weighted by molar-refractivity contribution is 6.24. The first kappa shape index (κ1) is 29.5. The molecule has 248 valence electrons. The van der Waals surface area contributed by atoms with Crippen molar-refractivity contribution in [3.05, 3.63) is 188 Å². The second-order valence-electron chi connectivity index (χ2n) is 13.6. The Labute approximate surface area is 305 Å². The highest BCUT2D eigenvalue weighted by Crippen LogP contribution is 2.43. The quantitative estimate of drug-likeness (QED) is 0.182. The molecule has 0 aliphatic carbocycles. The first-order valence-electron chi connectivity index (χ1n) is 18.0. The molecule has 0 aliphatic rings. The minimum absolute atomic E-state index is 0.887. The molecular weight excluding hydrogens is 647 g/mol. The van der Waals surface area contributed by atoms with Crippen molar-refractivity contribution in [1.29, 1.82) is 0 Å². The summed E-state index contributed by atoms with van der Waals surface area (Å²) in [6.45, 7) is 0. The maximum Gasteiger partial charge on any atom is 0.145 e. The van der Waals surface area contributed by atoms with Crippen molar-refractivity contribution in [1.82, 2.24) is 14.1 Å². The van der Waals surface area contributed by atoms with Crippen LogP contribution in [0.5, 0.6) is 0 Å². The summed E-state index contributed by atoms with van der Waals surface area (Å²) >= 11 is 0. The third kappa shape index (κ3) is 4.66. The number of hydrogen-bond acceptors (Lipinski definition) is 2. The third-order valence-electron chi connectivity index (χ3n) is 10.5. The number of furan rings is 1. The lowest BCUT2D eigenvalue weighted by Crippen LogP contribution is -1.99. The highest BCUT2D eigenvalue weighted by atomic mass is 16.3. The van der Waals surface area contributed by atoms with E-state index >= 15 is 0 Å². The lowest BCUT2D eigenvalue weighted by atomic mass is 10.0. The zero-order valence-electron chi connectivity index (χ0n) is 28.6. The van der Waals surface area contributed by atoms with Crippen molar-refractivity contribution in [3.63, 3.8) is 0 Å². The maximum absolute atomic E-state index is 6.80. The van der Waals surface area contributed by atoms with E-state index in [2.05, 4.69) is 185 Å². The Morgan fingerprint density at radius 3 is 1.64 bits per heavy atom. The van der Waals surface area contributed by atoms with Crippen molar-refractivity contribution < 1.29 is 4.42 Å². The van der Waals surface area contributed by atoms with E-state index in [1.165, 1.54) is 22.3 Å². The average Bonchev–Trinajstić information content (AvgIpc) is 3.91. The molecule has 0 fully saturated rings. The number of nitrogens with zero attached hydrogens (tertiary/aromatic N) is 3. The molecule has 3 aromatic heterocycles. The summed E-state index contributed by atoms with van der Waals surface area (Å²) in [6.07, 6.45) is 0. The molecule has 0 unspecified atom stereocenters. The Morgan fingerprint density at radius 1 is 0.377 bits per heavy atom. The molecule has 0 saturated heterocycles. The number of para-hydroxylation sites is 2. The van der Waals surface area contributed by atoms with Gasteiger partial charge in [0.25, 0.3) is 0 Å². The summed E-state index contributed by atoms with van der Waals surface area (Å²) in [7, 11) is 0. The van der Waals surface area contributed by atoms with Crippen LogP contribution in [-0.4, -0.2) is 14.1 Å². The first-order valence-corrected chi connectivity index (χ1v) is 18.0. The Balaban J connectivity index is 1.13. The van der Waals surface area contributed by atoms with Gasteiger partial charge in [0.15, 0.2) is 0 Å². The van der Waals surface area contributed by atoms with Crippen LogP contribution in [-0.2, 0) is 0 Å². The number of benzene rings is 8. The van der Waals surface area contributed by atoms with Crippen molar-refractivity contribution in [3.8, 4) is 45.0 Å². The number of fused-ring (bicyclic) bond motifs is 8. The second kappa shape index (κ2) is 11.7. The zero-order valence-corrected chi connectivity index (χ0v) is 28.6. The molecule has 11 aromatic rings. The zero-order chi connectivity index (χ0) is 34.9. The van der Waals surface area contributed by atoms with Crippen molar-refractivity contribution in [2.75, 3.05) is 0 Å². The van der Waals surface area contributed by atoms with Crippen molar-refractivity contribution in [2.45, 2.75) is 0 Å². The van der Waals surface area contributed by atoms with Crippen molar-refractivity contribution >= 4 is 54.8 Å². The minimum atomic E-state index is 0.887. The van der Waals surface area contributed by atoms with Crippen LogP contribution < -0.4 is 0 Å². The Morgan fingerprint density at radius 2 is 0.943 bits per heavy atom. The van der Waals surface area contributed by atoms with Gasteiger partial charge in [-0.05, 0) is 95.1 Å². The minimum Gasteiger partial charge on any atom is -0.455 e. The van der Waals surface area contributed by atoms with Gasteiger partial charge in [0, 0.05) is 33.1 Å². The van der Waals surface area contributed by atoms with Gasteiger partial charge in [-0.15, -0.1) is 0 Å². The predicted octanol–water partition coefficient (Wildman–Crippen LogP) is 13.0. The van der Waals surface area contributed by atoms with Gasteiger partial charge in [-0.25, -0.2) is 4.98 Å². The highest BCUT2D eigenvalue weighted by Gasteiger charge is 2.21. The molecule has 4 heteroatoms. The number of hydrogen-bond donors (Lipinski definition) is 0. The summed E-state index contributed by atoms with van der Waals surface area (Å²) in [5.74, 6) is 0.924. The lowest BCUT2D eigenvalue weighted by Gasteiger charge is -2.12. The molecule has 0 aliphatic heterocycles. The number of imidazole rings is 1. The number of aromatic nitrogens is 3. The lowest BCUT2D eigenvalue weighted by molar-refractivity contribution is 0.673. The predicted molar refractivity (Wildman–Crippen MR) is 219 cm³/mol. The van der Waals surface area contributed by atoms with Crippen LogP contribution in [0.1, 0.15) is 0 Å². The molecule has 0 N–H and O–H groups in total. The Hall–Kier alpha value is -7.17. The SMILES string of the molecule is c1ccc(-c2ccc3oc4c(ccc5c4c4cc(-c6ccccc6)ccc4n5-c4ccc(-n5c(-c6ccccc6)nc6ccccc65)cc4)c3c2)cc1. The van der Waals surface area contributed by atoms with Gasteiger partial charge in [-0.1, -0.05) is 115 Å². The molecule has 11 rings (SSSR count).